The van der Waals surface area contributed by atoms with E-state index in [1.807, 2.05) is 12.1 Å². The van der Waals surface area contributed by atoms with Gasteiger partial charge in [0.2, 0.25) is 0 Å². The van der Waals surface area contributed by atoms with Gasteiger partial charge >= 0.3 is 0 Å². The molecule has 0 bridgehead atoms. The average molecular weight is 198 g/mol. The summed E-state index contributed by atoms with van der Waals surface area (Å²) in [7, 11) is 0. The molecule has 0 spiro atoms. The van der Waals surface area contributed by atoms with E-state index in [1.54, 1.807) is 0 Å². The molecule has 2 rings (SSSR count). The average Bonchev–Trinajstić information content (AvgIpc) is 2.61. The van der Waals surface area contributed by atoms with Crippen molar-refractivity contribution in [3.8, 4) is 6.07 Å². The van der Waals surface area contributed by atoms with Gasteiger partial charge in [0.05, 0.1) is 6.07 Å². The summed E-state index contributed by atoms with van der Waals surface area (Å²) in [6.45, 7) is 2.05. The van der Waals surface area contributed by atoms with Crippen molar-refractivity contribution in [3.05, 3.63) is 41.0 Å². The zero-order chi connectivity index (χ0) is 10.8. The fourth-order valence-electron chi connectivity index (χ4n) is 2.04. The summed E-state index contributed by atoms with van der Waals surface area (Å²) in [5.74, 6) is 0. The molecule has 0 aromatic heterocycles. The first-order valence-corrected chi connectivity index (χ1v) is 5.18. The lowest BCUT2D eigenvalue weighted by Crippen LogP contribution is -2.17. The number of benzene rings is 1. The molecule has 0 aliphatic heterocycles. The van der Waals surface area contributed by atoms with E-state index in [0.29, 0.717) is 0 Å². The molecule has 1 unspecified atom stereocenters. The highest BCUT2D eigenvalue weighted by Gasteiger charge is 2.23. The van der Waals surface area contributed by atoms with E-state index in [-0.39, 0.29) is 6.04 Å². The van der Waals surface area contributed by atoms with E-state index in [1.165, 1.54) is 5.56 Å². The third-order valence-corrected chi connectivity index (χ3v) is 2.90. The molecule has 0 radical (unpaired) electrons. The Labute approximate surface area is 90.0 Å². The van der Waals surface area contributed by atoms with Crippen LogP contribution in [0.2, 0.25) is 0 Å². The first-order chi connectivity index (χ1) is 7.22. The van der Waals surface area contributed by atoms with E-state index in [9.17, 15) is 0 Å². The summed E-state index contributed by atoms with van der Waals surface area (Å²) < 4.78 is 0. The quantitative estimate of drug-likeness (QED) is 0.753. The van der Waals surface area contributed by atoms with Crippen LogP contribution in [0.1, 0.15) is 24.0 Å². The van der Waals surface area contributed by atoms with Crippen LogP contribution < -0.4 is 5.73 Å². The number of hydrogen-bond acceptors (Lipinski definition) is 2. The van der Waals surface area contributed by atoms with Gasteiger partial charge in [-0.25, -0.2) is 0 Å². The molecule has 2 heteroatoms. The number of allylic oxidation sites excluding steroid dienone is 1. The molecule has 1 aliphatic carbocycles. The maximum atomic E-state index is 9.01. The Morgan fingerprint density at radius 3 is 2.60 bits per heavy atom. The Kier molecular flexibility index (Phi) is 2.57. The highest BCUT2D eigenvalue weighted by atomic mass is 14.7. The Morgan fingerprint density at radius 2 is 2.00 bits per heavy atom. The number of hydrogen-bond donors (Lipinski definition) is 1. The van der Waals surface area contributed by atoms with Gasteiger partial charge < -0.3 is 5.73 Å². The Hall–Kier alpha value is -1.59. The number of nitriles is 1. The van der Waals surface area contributed by atoms with E-state index >= 15 is 0 Å². The highest BCUT2D eigenvalue weighted by Crippen LogP contribution is 2.32. The predicted molar refractivity (Wildman–Crippen MR) is 60.9 cm³/mol. The Bertz CT molecular complexity index is 435. The lowest BCUT2D eigenvalue weighted by atomic mass is 9.99. The van der Waals surface area contributed by atoms with Crippen molar-refractivity contribution in [3.63, 3.8) is 0 Å². The maximum absolute atomic E-state index is 9.01. The largest absolute Gasteiger partial charge is 0.324 e. The van der Waals surface area contributed by atoms with Gasteiger partial charge in [0.1, 0.15) is 0 Å². The smallest absolute Gasteiger partial charge is 0.0950 e. The van der Waals surface area contributed by atoms with Gasteiger partial charge in [-0.3, -0.25) is 0 Å². The van der Waals surface area contributed by atoms with E-state index in [4.69, 9.17) is 11.0 Å². The van der Waals surface area contributed by atoms with Gasteiger partial charge in [0.25, 0.3) is 0 Å². The van der Waals surface area contributed by atoms with Gasteiger partial charge in [-0.1, -0.05) is 29.8 Å². The number of aryl methyl sites for hydroxylation is 1. The Morgan fingerprint density at radius 1 is 1.33 bits per heavy atom. The van der Waals surface area contributed by atoms with Crippen LogP contribution in [0.25, 0.3) is 5.57 Å². The SMILES string of the molecule is Cc1ccc(C2=C(C#N)CCC2N)cc1. The molecule has 2 N–H and O–H groups in total. The molecule has 0 heterocycles. The zero-order valence-corrected chi connectivity index (χ0v) is 8.83. The summed E-state index contributed by atoms with van der Waals surface area (Å²) in [6, 6.07) is 10.5. The first kappa shape index (κ1) is 9.95. The molecule has 1 aromatic carbocycles. The molecule has 0 amide bonds. The molecule has 1 aromatic rings. The van der Waals surface area contributed by atoms with Gasteiger partial charge in [-0.05, 0) is 30.9 Å². The minimum atomic E-state index is 0.0300. The third kappa shape index (κ3) is 1.79. The summed E-state index contributed by atoms with van der Waals surface area (Å²) in [6.07, 6.45) is 1.72. The third-order valence-electron chi connectivity index (χ3n) is 2.90. The normalized spacial score (nSPS) is 20.5. The molecule has 76 valence electrons. The molecule has 15 heavy (non-hydrogen) atoms. The van der Waals surface area contributed by atoms with Crippen LogP contribution in [0.15, 0.2) is 29.8 Å². The van der Waals surface area contributed by atoms with Crippen LogP contribution in [0.3, 0.4) is 0 Å². The van der Waals surface area contributed by atoms with Crippen molar-refractivity contribution < 1.29 is 0 Å². The minimum absolute atomic E-state index is 0.0300. The zero-order valence-electron chi connectivity index (χ0n) is 8.83. The number of nitrogens with zero attached hydrogens (tertiary/aromatic N) is 1. The second-order valence-electron chi connectivity index (χ2n) is 4.02. The summed E-state index contributed by atoms with van der Waals surface area (Å²) in [5, 5.41) is 9.01. The van der Waals surface area contributed by atoms with Crippen molar-refractivity contribution in [1.82, 2.24) is 0 Å². The van der Waals surface area contributed by atoms with Crippen LogP contribution in [0.4, 0.5) is 0 Å². The molecular formula is C13H14N2. The van der Waals surface area contributed by atoms with Gasteiger partial charge in [-0.2, -0.15) is 5.26 Å². The van der Waals surface area contributed by atoms with Gasteiger partial charge in [0, 0.05) is 11.6 Å². The van der Waals surface area contributed by atoms with Gasteiger partial charge in [-0.15, -0.1) is 0 Å². The predicted octanol–water partition coefficient (Wildman–Crippen LogP) is 2.39. The molecule has 0 saturated carbocycles. The summed E-state index contributed by atoms with van der Waals surface area (Å²) >= 11 is 0. The molecule has 0 fully saturated rings. The second-order valence-corrected chi connectivity index (χ2v) is 4.02. The van der Waals surface area contributed by atoms with Crippen molar-refractivity contribution in [2.75, 3.05) is 0 Å². The maximum Gasteiger partial charge on any atom is 0.0950 e. The van der Waals surface area contributed by atoms with Crippen molar-refractivity contribution in [2.24, 2.45) is 5.73 Å². The fraction of sp³-hybridized carbons (Fsp3) is 0.308. The summed E-state index contributed by atoms with van der Waals surface area (Å²) in [5.41, 5.74) is 10.2. The van der Waals surface area contributed by atoms with Crippen molar-refractivity contribution in [1.29, 1.82) is 5.26 Å². The lowest BCUT2D eigenvalue weighted by molar-refractivity contribution is 0.786. The van der Waals surface area contributed by atoms with Crippen LogP contribution in [-0.4, -0.2) is 6.04 Å². The van der Waals surface area contributed by atoms with Crippen LogP contribution in [0, 0.1) is 18.3 Å². The van der Waals surface area contributed by atoms with E-state index in [2.05, 4.69) is 25.1 Å². The van der Waals surface area contributed by atoms with Crippen molar-refractivity contribution in [2.45, 2.75) is 25.8 Å². The van der Waals surface area contributed by atoms with Crippen LogP contribution in [0.5, 0.6) is 0 Å². The summed E-state index contributed by atoms with van der Waals surface area (Å²) in [4.78, 5) is 0. The highest BCUT2D eigenvalue weighted by molar-refractivity contribution is 5.77. The monoisotopic (exact) mass is 198 g/mol. The van der Waals surface area contributed by atoms with Gasteiger partial charge in [0.15, 0.2) is 0 Å². The topological polar surface area (TPSA) is 49.8 Å². The molecule has 2 nitrogen and oxygen atoms in total. The molecular weight excluding hydrogens is 184 g/mol. The van der Waals surface area contributed by atoms with E-state index in [0.717, 1.165) is 29.6 Å². The van der Waals surface area contributed by atoms with E-state index < -0.39 is 0 Å². The molecule has 0 saturated heterocycles. The second kappa shape index (κ2) is 3.88. The molecule has 1 aliphatic rings. The number of rotatable bonds is 1. The van der Waals surface area contributed by atoms with Crippen LogP contribution >= 0.6 is 0 Å². The standard InChI is InChI=1S/C13H14N2/c1-9-2-4-10(5-3-9)13-11(8-14)6-7-12(13)15/h2-5,12H,6-7,15H2,1H3. The fourth-order valence-corrected chi connectivity index (χ4v) is 2.04. The first-order valence-electron chi connectivity index (χ1n) is 5.18. The minimum Gasteiger partial charge on any atom is -0.324 e. The van der Waals surface area contributed by atoms with Crippen molar-refractivity contribution >= 4 is 5.57 Å². The molecule has 1 atom stereocenters. The number of nitrogens with two attached hydrogens (primary N) is 1. The van der Waals surface area contributed by atoms with Crippen LogP contribution in [-0.2, 0) is 0 Å². The Balaban J connectivity index is 2.46. The lowest BCUT2D eigenvalue weighted by Gasteiger charge is -2.09.